The highest BCUT2D eigenvalue weighted by Crippen LogP contribution is 1.61. The van der Waals surface area contributed by atoms with Gasteiger partial charge in [-0.25, -0.2) is 4.84 Å². The first-order valence-corrected chi connectivity index (χ1v) is 2.73. The molecule has 0 radical (unpaired) electrons. The summed E-state index contributed by atoms with van der Waals surface area (Å²) < 4.78 is 0. The molecule has 8 heavy (non-hydrogen) atoms. The van der Waals surface area contributed by atoms with Gasteiger partial charge in [-0.05, 0) is 11.8 Å². The molecule has 0 fully saturated rings. The molecule has 0 unspecified atom stereocenters. The van der Waals surface area contributed by atoms with Crippen molar-refractivity contribution in [3.63, 3.8) is 0 Å². The minimum atomic E-state index is -0.0306. The van der Waals surface area contributed by atoms with E-state index in [1.54, 1.807) is 0 Å². The predicted molar refractivity (Wildman–Crippen MR) is 32.5 cm³/mol. The van der Waals surface area contributed by atoms with Crippen molar-refractivity contribution in [3.8, 4) is 0 Å². The van der Waals surface area contributed by atoms with Gasteiger partial charge >= 0.3 is 0 Å². The molecule has 1 amide bonds. The zero-order valence-electron chi connectivity index (χ0n) is 4.70. The summed E-state index contributed by atoms with van der Waals surface area (Å²) in [6, 6.07) is 0. The molecule has 0 spiro atoms. The van der Waals surface area contributed by atoms with E-state index in [2.05, 4.69) is 10.2 Å². The van der Waals surface area contributed by atoms with Crippen LogP contribution in [0.4, 0.5) is 0 Å². The van der Waals surface area contributed by atoms with Gasteiger partial charge < -0.3 is 5.32 Å². The lowest BCUT2D eigenvalue weighted by Crippen LogP contribution is -2.26. The maximum atomic E-state index is 10.1. The van der Waals surface area contributed by atoms with Crippen LogP contribution in [-0.2, 0) is 4.79 Å². The lowest BCUT2D eigenvalue weighted by molar-refractivity contribution is -0.118. The van der Waals surface area contributed by atoms with E-state index in [1.807, 2.05) is 0 Å². The molecule has 0 aromatic heterocycles. The Kier molecular flexibility index (Phi) is 4.70. The van der Waals surface area contributed by atoms with Crippen molar-refractivity contribution in [3.05, 3.63) is 0 Å². The van der Waals surface area contributed by atoms with E-state index in [0.29, 0.717) is 13.1 Å². The molecule has 0 bridgehead atoms. The topological polar surface area (TPSA) is 41.1 Å². The fraction of sp³-hybridized carbons (Fsp3) is 0.750. The summed E-state index contributed by atoms with van der Waals surface area (Å²) in [5.41, 5.74) is 0. The fourth-order valence-corrected chi connectivity index (χ4v) is 0.380. The molecule has 0 saturated carbocycles. The summed E-state index contributed by atoms with van der Waals surface area (Å²) >= 11 is 5.08. The first-order valence-electron chi connectivity index (χ1n) is 2.35. The highest BCUT2D eigenvalue weighted by molar-refractivity contribution is 6.13. The second-order valence-electron chi connectivity index (χ2n) is 1.37. The molecule has 0 aliphatic carbocycles. The van der Waals surface area contributed by atoms with E-state index in [4.69, 9.17) is 11.8 Å². The molecule has 2 N–H and O–H groups in total. The number of carbonyl (C=O) groups excluding carboxylic acids is 1. The summed E-state index contributed by atoms with van der Waals surface area (Å²) in [5, 5.41) is 2.56. The molecule has 0 aromatic carbocycles. The van der Waals surface area contributed by atoms with Gasteiger partial charge in [0.25, 0.3) is 0 Å². The molecular formula is C4H9ClN2O. The Labute approximate surface area is 53.5 Å². The van der Waals surface area contributed by atoms with Crippen LogP contribution >= 0.6 is 11.8 Å². The molecule has 0 aliphatic rings. The van der Waals surface area contributed by atoms with Crippen molar-refractivity contribution in [1.29, 1.82) is 0 Å². The molecule has 0 heterocycles. The number of hydrogen-bond acceptors (Lipinski definition) is 2. The van der Waals surface area contributed by atoms with E-state index in [-0.39, 0.29) is 5.91 Å². The van der Waals surface area contributed by atoms with Crippen molar-refractivity contribution < 1.29 is 4.79 Å². The number of hydrogen-bond donors (Lipinski definition) is 2. The average molecular weight is 137 g/mol. The van der Waals surface area contributed by atoms with Gasteiger partial charge in [-0.1, -0.05) is 0 Å². The quantitative estimate of drug-likeness (QED) is 0.419. The van der Waals surface area contributed by atoms with Crippen LogP contribution < -0.4 is 10.2 Å². The zero-order valence-corrected chi connectivity index (χ0v) is 5.46. The summed E-state index contributed by atoms with van der Waals surface area (Å²) in [7, 11) is 0. The van der Waals surface area contributed by atoms with Crippen LogP contribution in [0.1, 0.15) is 6.92 Å². The predicted octanol–water partition coefficient (Wildman–Crippen LogP) is -0.134. The molecule has 3 nitrogen and oxygen atoms in total. The van der Waals surface area contributed by atoms with Crippen LogP contribution in [0, 0.1) is 0 Å². The third kappa shape index (κ3) is 5.72. The third-order valence-electron chi connectivity index (χ3n) is 0.593. The number of amides is 1. The lowest BCUT2D eigenvalue weighted by atomic mass is 10.6. The Morgan fingerprint density at radius 1 is 1.62 bits per heavy atom. The van der Waals surface area contributed by atoms with Crippen molar-refractivity contribution in [2.75, 3.05) is 13.1 Å². The van der Waals surface area contributed by atoms with E-state index in [9.17, 15) is 4.79 Å². The van der Waals surface area contributed by atoms with Gasteiger partial charge in [0, 0.05) is 20.0 Å². The van der Waals surface area contributed by atoms with Gasteiger partial charge in [0.15, 0.2) is 0 Å². The SMILES string of the molecule is CC(=O)NCCNCl. The molecule has 0 aliphatic heterocycles. The van der Waals surface area contributed by atoms with Gasteiger partial charge in [-0.3, -0.25) is 4.79 Å². The monoisotopic (exact) mass is 136 g/mol. The van der Waals surface area contributed by atoms with E-state index < -0.39 is 0 Å². The normalized spacial score (nSPS) is 8.75. The van der Waals surface area contributed by atoms with E-state index in [1.165, 1.54) is 6.92 Å². The zero-order chi connectivity index (χ0) is 6.41. The highest BCUT2D eigenvalue weighted by atomic mass is 35.5. The second kappa shape index (κ2) is 4.87. The number of nitrogens with one attached hydrogen (secondary N) is 2. The largest absolute Gasteiger partial charge is 0.355 e. The van der Waals surface area contributed by atoms with Gasteiger partial charge in [0.1, 0.15) is 0 Å². The van der Waals surface area contributed by atoms with E-state index >= 15 is 0 Å². The first kappa shape index (κ1) is 7.72. The van der Waals surface area contributed by atoms with Crippen LogP contribution in [0.5, 0.6) is 0 Å². The Morgan fingerprint density at radius 2 is 2.25 bits per heavy atom. The average Bonchev–Trinajstić information content (AvgIpc) is 1.66. The van der Waals surface area contributed by atoms with E-state index in [0.717, 1.165) is 0 Å². The Balaban J connectivity index is 2.82. The van der Waals surface area contributed by atoms with Crippen LogP contribution in [0.15, 0.2) is 0 Å². The van der Waals surface area contributed by atoms with Gasteiger partial charge in [-0.15, -0.1) is 0 Å². The Bertz CT molecular complexity index is 76.4. The summed E-state index contributed by atoms with van der Waals surface area (Å²) in [4.78, 5) is 12.5. The molecule has 0 saturated heterocycles. The van der Waals surface area contributed by atoms with Crippen molar-refractivity contribution >= 4 is 17.7 Å². The van der Waals surface area contributed by atoms with Crippen LogP contribution in [0.3, 0.4) is 0 Å². The molecular weight excluding hydrogens is 128 g/mol. The van der Waals surface area contributed by atoms with Gasteiger partial charge in [-0.2, -0.15) is 0 Å². The fourth-order valence-electron chi connectivity index (χ4n) is 0.286. The second-order valence-corrected chi connectivity index (χ2v) is 1.63. The van der Waals surface area contributed by atoms with Crippen molar-refractivity contribution in [1.82, 2.24) is 10.2 Å². The first-order chi connectivity index (χ1) is 3.77. The maximum absolute atomic E-state index is 10.1. The standard InChI is InChI=1S/C4H9ClN2O/c1-4(8)6-2-3-7-5/h7H,2-3H2,1H3,(H,6,8). The number of halogens is 1. The number of rotatable bonds is 3. The summed E-state index contributed by atoms with van der Waals surface area (Å²) in [6.45, 7) is 2.65. The van der Waals surface area contributed by atoms with Gasteiger partial charge in [0.2, 0.25) is 5.91 Å². The summed E-state index contributed by atoms with van der Waals surface area (Å²) in [6.07, 6.45) is 0. The maximum Gasteiger partial charge on any atom is 0.216 e. The molecule has 48 valence electrons. The van der Waals surface area contributed by atoms with Crippen molar-refractivity contribution in [2.24, 2.45) is 0 Å². The molecule has 0 atom stereocenters. The smallest absolute Gasteiger partial charge is 0.216 e. The number of carbonyl (C=O) groups is 1. The third-order valence-corrected chi connectivity index (χ3v) is 0.782. The van der Waals surface area contributed by atoms with Crippen molar-refractivity contribution in [2.45, 2.75) is 6.92 Å². The van der Waals surface area contributed by atoms with Crippen LogP contribution in [0.25, 0.3) is 0 Å². The van der Waals surface area contributed by atoms with Crippen LogP contribution in [-0.4, -0.2) is 19.0 Å². The van der Waals surface area contributed by atoms with Crippen LogP contribution in [0.2, 0.25) is 0 Å². The lowest BCUT2D eigenvalue weighted by Gasteiger charge is -1.96. The minimum absolute atomic E-state index is 0.0306. The molecule has 0 aromatic rings. The van der Waals surface area contributed by atoms with Gasteiger partial charge in [0.05, 0.1) is 0 Å². The highest BCUT2D eigenvalue weighted by Gasteiger charge is 1.85. The Hall–Kier alpha value is -0.280. The summed E-state index contributed by atoms with van der Waals surface area (Å²) in [5.74, 6) is -0.0306. The molecule has 0 rings (SSSR count). The Morgan fingerprint density at radius 3 is 2.62 bits per heavy atom. The molecule has 4 heteroatoms. The minimum Gasteiger partial charge on any atom is -0.355 e.